The maximum atomic E-state index is 12.7. The number of sulfonamides is 1. The molecule has 1 aliphatic heterocycles. The zero-order chi connectivity index (χ0) is 15.8. The molecule has 1 aromatic rings. The monoisotopic (exact) mass is 371 g/mol. The van der Waals surface area contributed by atoms with Crippen LogP contribution in [0.3, 0.4) is 0 Å². The average molecular weight is 372 g/mol. The molecule has 0 fully saturated rings. The van der Waals surface area contributed by atoms with E-state index in [0.29, 0.717) is 18.0 Å². The van der Waals surface area contributed by atoms with Gasteiger partial charge < -0.3 is 0 Å². The first-order valence-electron chi connectivity index (χ1n) is 7.08. The Kier molecular flexibility index (Phi) is 4.66. The summed E-state index contributed by atoms with van der Waals surface area (Å²) in [7, 11) is -3.40. The van der Waals surface area contributed by atoms with Gasteiger partial charge in [-0.25, -0.2) is 8.42 Å². The minimum Gasteiger partial charge on any atom is -0.207 e. The number of hydrogen-bond donors (Lipinski definition) is 0. The summed E-state index contributed by atoms with van der Waals surface area (Å²) in [5, 5.41) is 0. The maximum Gasteiger partial charge on any atom is 0.243 e. The molecule has 0 N–H and O–H groups in total. The molecule has 0 spiro atoms. The highest BCUT2D eigenvalue weighted by Gasteiger charge is 2.29. The van der Waals surface area contributed by atoms with Crippen LogP contribution in [0.1, 0.15) is 32.8 Å². The number of rotatable bonds is 2. The van der Waals surface area contributed by atoms with Crippen LogP contribution in [0, 0.1) is 12.3 Å². The van der Waals surface area contributed by atoms with Crippen LogP contribution in [-0.2, 0) is 10.0 Å². The van der Waals surface area contributed by atoms with Crippen LogP contribution in [0.15, 0.2) is 39.2 Å². The Morgan fingerprint density at radius 3 is 2.38 bits per heavy atom. The lowest BCUT2D eigenvalue weighted by atomic mass is 9.83. The molecule has 116 valence electrons. The van der Waals surface area contributed by atoms with E-state index >= 15 is 0 Å². The summed E-state index contributed by atoms with van der Waals surface area (Å²) < 4.78 is 27.9. The molecule has 1 aliphatic rings. The molecule has 5 heteroatoms. The van der Waals surface area contributed by atoms with E-state index in [9.17, 15) is 8.42 Å². The van der Waals surface area contributed by atoms with Crippen molar-refractivity contribution in [1.29, 1.82) is 0 Å². The summed E-state index contributed by atoms with van der Waals surface area (Å²) in [6, 6.07) is 5.18. The third kappa shape index (κ3) is 3.58. The molecule has 0 bridgehead atoms. The van der Waals surface area contributed by atoms with E-state index in [-0.39, 0.29) is 5.41 Å². The second kappa shape index (κ2) is 5.86. The van der Waals surface area contributed by atoms with Crippen LogP contribution in [-0.4, -0.2) is 25.8 Å². The fourth-order valence-corrected chi connectivity index (χ4v) is 4.19. The molecule has 1 aromatic carbocycles. The maximum absolute atomic E-state index is 12.7. The quantitative estimate of drug-likeness (QED) is 0.733. The normalized spacial score (nSPS) is 17.7. The summed E-state index contributed by atoms with van der Waals surface area (Å²) >= 11 is 3.40. The number of aryl methyl sites for hydroxylation is 1. The van der Waals surface area contributed by atoms with E-state index in [0.717, 1.165) is 16.5 Å². The van der Waals surface area contributed by atoms with Crippen molar-refractivity contribution in [3.8, 4) is 0 Å². The summed E-state index contributed by atoms with van der Waals surface area (Å²) in [5.74, 6) is 0. The Labute approximate surface area is 136 Å². The molecular formula is C16H22BrNO2S. The van der Waals surface area contributed by atoms with Crippen LogP contribution in [0.25, 0.3) is 0 Å². The van der Waals surface area contributed by atoms with Crippen molar-refractivity contribution in [1.82, 2.24) is 4.31 Å². The smallest absolute Gasteiger partial charge is 0.207 e. The molecule has 0 amide bonds. The van der Waals surface area contributed by atoms with Crippen molar-refractivity contribution in [2.24, 2.45) is 5.41 Å². The first kappa shape index (κ1) is 16.7. The molecule has 2 rings (SSSR count). The van der Waals surface area contributed by atoms with Crippen molar-refractivity contribution < 1.29 is 8.42 Å². The molecule has 21 heavy (non-hydrogen) atoms. The molecule has 0 radical (unpaired) electrons. The van der Waals surface area contributed by atoms with Gasteiger partial charge in [0, 0.05) is 17.6 Å². The Morgan fingerprint density at radius 2 is 1.90 bits per heavy atom. The van der Waals surface area contributed by atoms with E-state index in [4.69, 9.17) is 0 Å². The minimum atomic E-state index is -3.40. The van der Waals surface area contributed by atoms with Gasteiger partial charge >= 0.3 is 0 Å². The molecular weight excluding hydrogens is 350 g/mol. The van der Waals surface area contributed by atoms with Crippen molar-refractivity contribution in [2.75, 3.05) is 13.1 Å². The Hall–Kier alpha value is -0.650. The third-order valence-electron chi connectivity index (χ3n) is 3.90. The highest BCUT2D eigenvalue weighted by Crippen LogP contribution is 2.32. The van der Waals surface area contributed by atoms with E-state index in [1.807, 2.05) is 6.92 Å². The number of hydrogen-bond acceptors (Lipinski definition) is 2. The molecule has 3 nitrogen and oxygen atoms in total. The van der Waals surface area contributed by atoms with Gasteiger partial charge in [0.05, 0.1) is 4.90 Å². The standard InChI is InChI=1S/C16H22BrNO2S/c1-12-11-14(5-6-15(12)17)21(19,20)18-9-7-13(8-10-18)16(2,3)4/h5-7,11H,8-10H2,1-4H3. The van der Waals surface area contributed by atoms with Gasteiger partial charge in [0.1, 0.15) is 0 Å². The van der Waals surface area contributed by atoms with Gasteiger partial charge in [-0.15, -0.1) is 0 Å². The Balaban J connectivity index is 2.26. The van der Waals surface area contributed by atoms with Gasteiger partial charge in [-0.05, 0) is 42.5 Å². The Morgan fingerprint density at radius 1 is 1.24 bits per heavy atom. The summed E-state index contributed by atoms with van der Waals surface area (Å²) in [6.07, 6.45) is 2.87. The summed E-state index contributed by atoms with van der Waals surface area (Å²) in [4.78, 5) is 0.371. The largest absolute Gasteiger partial charge is 0.243 e. The van der Waals surface area contributed by atoms with Crippen LogP contribution in [0.5, 0.6) is 0 Å². The van der Waals surface area contributed by atoms with Gasteiger partial charge in [0.15, 0.2) is 0 Å². The summed E-state index contributed by atoms with van der Waals surface area (Å²) in [6.45, 7) is 9.42. The molecule has 0 aromatic heterocycles. The molecule has 1 heterocycles. The Bertz CT molecular complexity index is 672. The second-order valence-corrected chi connectivity index (χ2v) is 9.30. The highest BCUT2D eigenvalue weighted by atomic mass is 79.9. The fourth-order valence-electron chi connectivity index (χ4n) is 2.48. The van der Waals surface area contributed by atoms with Crippen LogP contribution in [0.2, 0.25) is 0 Å². The lowest BCUT2D eigenvalue weighted by molar-refractivity contribution is 0.389. The van der Waals surface area contributed by atoms with Crippen LogP contribution >= 0.6 is 15.9 Å². The lowest BCUT2D eigenvalue weighted by Crippen LogP contribution is -2.36. The third-order valence-corrected chi connectivity index (χ3v) is 6.65. The second-order valence-electron chi connectivity index (χ2n) is 6.50. The van der Waals surface area contributed by atoms with Crippen molar-refractivity contribution in [3.05, 3.63) is 39.9 Å². The number of nitrogens with zero attached hydrogens (tertiary/aromatic N) is 1. The minimum absolute atomic E-state index is 0.115. The van der Waals surface area contributed by atoms with E-state index in [1.54, 1.807) is 22.5 Å². The van der Waals surface area contributed by atoms with E-state index in [2.05, 4.69) is 42.8 Å². The van der Waals surface area contributed by atoms with Gasteiger partial charge in [-0.1, -0.05) is 48.4 Å². The molecule has 0 unspecified atom stereocenters. The predicted molar refractivity (Wildman–Crippen MR) is 89.8 cm³/mol. The lowest BCUT2D eigenvalue weighted by Gasteiger charge is -2.31. The SMILES string of the molecule is Cc1cc(S(=O)(=O)N2CC=C(C(C)(C)C)CC2)ccc1Br. The van der Waals surface area contributed by atoms with E-state index in [1.165, 1.54) is 5.57 Å². The number of halogens is 1. The molecule has 0 atom stereocenters. The van der Waals surface area contributed by atoms with Crippen molar-refractivity contribution in [2.45, 2.75) is 39.0 Å². The van der Waals surface area contributed by atoms with Gasteiger partial charge in [-0.3, -0.25) is 0 Å². The van der Waals surface area contributed by atoms with Crippen LogP contribution in [0.4, 0.5) is 0 Å². The van der Waals surface area contributed by atoms with E-state index < -0.39 is 10.0 Å². The highest BCUT2D eigenvalue weighted by molar-refractivity contribution is 9.10. The zero-order valence-corrected chi connectivity index (χ0v) is 15.4. The van der Waals surface area contributed by atoms with Crippen molar-refractivity contribution in [3.63, 3.8) is 0 Å². The van der Waals surface area contributed by atoms with Crippen LogP contribution < -0.4 is 0 Å². The van der Waals surface area contributed by atoms with Gasteiger partial charge in [0.25, 0.3) is 0 Å². The number of benzene rings is 1. The molecule has 0 aliphatic carbocycles. The zero-order valence-electron chi connectivity index (χ0n) is 13.0. The average Bonchev–Trinajstić information content (AvgIpc) is 2.41. The summed E-state index contributed by atoms with van der Waals surface area (Å²) in [5.41, 5.74) is 2.38. The first-order valence-corrected chi connectivity index (χ1v) is 9.31. The first-order chi connectivity index (χ1) is 9.62. The topological polar surface area (TPSA) is 37.4 Å². The molecule has 0 saturated heterocycles. The predicted octanol–water partition coefficient (Wildman–Crippen LogP) is 4.12. The molecule has 0 saturated carbocycles. The fraction of sp³-hybridized carbons (Fsp3) is 0.500. The van der Waals surface area contributed by atoms with Gasteiger partial charge in [0.2, 0.25) is 10.0 Å². The van der Waals surface area contributed by atoms with Gasteiger partial charge in [-0.2, -0.15) is 4.31 Å². The van der Waals surface area contributed by atoms with Crippen molar-refractivity contribution >= 4 is 26.0 Å².